The van der Waals surface area contributed by atoms with Gasteiger partial charge in [0.05, 0.1) is 17.7 Å². The van der Waals surface area contributed by atoms with E-state index >= 15 is 0 Å². The lowest BCUT2D eigenvalue weighted by atomic mass is 10.2. The number of ether oxygens (including phenoxy) is 3. The average molecular weight is 307 g/mol. The Morgan fingerprint density at radius 3 is 2.43 bits per heavy atom. The van der Waals surface area contributed by atoms with E-state index in [2.05, 4.69) is 0 Å². The summed E-state index contributed by atoms with van der Waals surface area (Å²) in [4.78, 5) is 11.0. The molecule has 0 aliphatic rings. The summed E-state index contributed by atoms with van der Waals surface area (Å²) < 4.78 is 16.1. The minimum absolute atomic E-state index is 0.304. The van der Waals surface area contributed by atoms with Crippen molar-refractivity contribution in [2.24, 2.45) is 0 Å². The molecule has 0 fully saturated rings. The second-order valence-corrected chi connectivity index (χ2v) is 4.56. The molecule has 0 atom stereocenters. The molecule has 0 amide bonds. The highest BCUT2D eigenvalue weighted by Crippen LogP contribution is 2.24. The van der Waals surface area contributed by atoms with Gasteiger partial charge in [-0.05, 0) is 30.3 Å². The van der Waals surface area contributed by atoms with Gasteiger partial charge in [0, 0.05) is 0 Å². The number of para-hydroxylation sites is 1. The monoisotopic (exact) mass is 306 g/mol. The Labute approximate surface area is 128 Å². The highest BCUT2D eigenvalue weighted by molar-refractivity contribution is 6.32. The minimum Gasteiger partial charge on any atom is -0.497 e. The summed E-state index contributed by atoms with van der Waals surface area (Å²) in [5, 5.41) is 0.551. The molecule has 5 heteroatoms. The number of carbonyl (C=O) groups is 1. The smallest absolute Gasteiger partial charge is 0.153 e. The van der Waals surface area contributed by atoms with Gasteiger partial charge in [-0.15, -0.1) is 0 Å². The van der Waals surface area contributed by atoms with Crippen LogP contribution in [0.1, 0.15) is 10.4 Å². The Bertz CT molecular complexity index is 613. The average Bonchev–Trinajstić information content (AvgIpc) is 2.53. The quantitative estimate of drug-likeness (QED) is 0.579. The van der Waals surface area contributed by atoms with E-state index in [-0.39, 0.29) is 0 Å². The molecule has 0 spiro atoms. The summed E-state index contributed by atoms with van der Waals surface area (Å²) in [6.07, 6.45) is 0.729. The third-order valence-corrected chi connectivity index (χ3v) is 3.09. The summed E-state index contributed by atoms with van der Waals surface area (Å²) in [6.45, 7) is 0.631. The van der Waals surface area contributed by atoms with Crippen LogP contribution in [0.3, 0.4) is 0 Å². The van der Waals surface area contributed by atoms with Crippen LogP contribution in [0.5, 0.6) is 17.2 Å². The van der Waals surface area contributed by atoms with Gasteiger partial charge < -0.3 is 14.2 Å². The molecule has 4 nitrogen and oxygen atoms in total. The number of rotatable bonds is 7. The normalized spacial score (nSPS) is 10.0. The van der Waals surface area contributed by atoms with Crippen molar-refractivity contribution in [2.75, 3.05) is 20.3 Å². The van der Waals surface area contributed by atoms with E-state index in [1.54, 1.807) is 37.4 Å². The van der Waals surface area contributed by atoms with Crippen LogP contribution < -0.4 is 14.2 Å². The summed E-state index contributed by atoms with van der Waals surface area (Å²) in [5.41, 5.74) is 0.437. The lowest BCUT2D eigenvalue weighted by Gasteiger charge is -2.11. The molecule has 0 bridgehead atoms. The van der Waals surface area contributed by atoms with Crippen molar-refractivity contribution in [3.8, 4) is 17.2 Å². The van der Waals surface area contributed by atoms with E-state index in [9.17, 15) is 4.79 Å². The maximum Gasteiger partial charge on any atom is 0.153 e. The first kappa shape index (κ1) is 15.2. The largest absolute Gasteiger partial charge is 0.497 e. The molecule has 2 rings (SSSR count). The Kier molecular flexibility index (Phi) is 5.46. The zero-order valence-corrected chi connectivity index (χ0v) is 12.3. The molecule has 0 unspecified atom stereocenters. The first-order valence-electron chi connectivity index (χ1n) is 6.38. The Balaban J connectivity index is 1.89. The maximum atomic E-state index is 11.0. The van der Waals surface area contributed by atoms with Crippen LogP contribution in [-0.2, 0) is 0 Å². The molecular weight excluding hydrogens is 292 g/mol. The molecule has 21 heavy (non-hydrogen) atoms. The number of methoxy groups -OCH3 is 1. The molecule has 110 valence electrons. The number of carbonyl (C=O) groups excluding carboxylic acids is 1. The Morgan fingerprint density at radius 1 is 1.05 bits per heavy atom. The van der Waals surface area contributed by atoms with Crippen molar-refractivity contribution in [2.45, 2.75) is 0 Å². The SMILES string of the molecule is COc1ccc(OCCOc2ccccc2Cl)c(C=O)c1. The summed E-state index contributed by atoms with van der Waals surface area (Å²) in [6, 6.07) is 12.3. The molecule has 0 N–H and O–H groups in total. The van der Waals surface area contributed by atoms with Crippen molar-refractivity contribution < 1.29 is 19.0 Å². The van der Waals surface area contributed by atoms with Crippen LogP contribution in [0.15, 0.2) is 42.5 Å². The lowest BCUT2D eigenvalue weighted by Crippen LogP contribution is -2.10. The molecule has 0 saturated heterocycles. The summed E-state index contributed by atoms with van der Waals surface area (Å²) in [5.74, 6) is 1.71. The molecule has 0 radical (unpaired) electrons. The van der Waals surface area contributed by atoms with Crippen molar-refractivity contribution in [1.82, 2.24) is 0 Å². The number of aldehydes is 1. The summed E-state index contributed by atoms with van der Waals surface area (Å²) in [7, 11) is 1.54. The predicted molar refractivity (Wildman–Crippen MR) is 80.8 cm³/mol. The number of hydrogen-bond donors (Lipinski definition) is 0. The molecule has 0 heterocycles. The number of benzene rings is 2. The van der Waals surface area contributed by atoms with Crippen LogP contribution in [0.25, 0.3) is 0 Å². The first-order chi connectivity index (χ1) is 10.2. The van der Waals surface area contributed by atoms with Crippen molar-refractivity contribution in [3.63, 3.8) is 0 Å². The van der Waals surface area contributed by atoms with E-state index < -0.39 is 0 Å². The van der Waals surface area contributed by atoms with Crippen molar-refractivity contribution in [1.29, 1.82) is 0 Å². The standard InChI is InChI=1S/C16H15ClO4/c1-19-13-6-7-15(12(10-13)11-18)20-8-9-21-16-5-3-2-4-14(16)17/h2-7,10-11H,8-9H2,1H3. The molecule has 2 aromatic rings. The van der Waals surface area contributed by atoms with Gasteiger partial charge in [0.2, 0.25) is 0 Å². The van der Waals surface area contributed by atoms with Crippen LogP contribution in [0.4, 0.5) is 0 Å². The fraction of sp³-hybridized carbons (Fsp3) is 0.188. The van der Waals surface area contributed by atoms with Gasteiger partial charge in [-0.25, -0.2) is 0 Å². The lowest BCUT2D eigenvalue weighted by molar-refractivity contribution is 0.111. The van der Waals surface area contributed by atoms with Crippen molar-refractivity contribution in [3.05, 3.63) is 53.1 Å². The third-order valence-electron chi connectivity index (χ3n) is 2.78. The second-order valence-electron chi connectivity index (χ2n) is 4.15. The van der Waals surface area contributed by atoms with Gasteiger partial charge in [0.25, 0.3) is 0 Å². The van der Waals surface area contributed by atoms with E-state index in [0.29, 0.717) is 41.0 Å². The summed E-state index contributed by atoms with van der Waals surface area (Å²) >= 11 is 5.98. The fourth-order valence-corrected chi connectivity index (χ4v) is 1.93. The van der Waals surface area contributed by atoms with E-state index in [1.807, 2.05) is 12.1 Å². The highest BCUT2D eigenvalue weighted by atomic mass is 35.5. The van der Waals surface area contributed by atoms with E-state index in [1.165, 1.54) is 0 Å². The Morgan fingerprint density at radius 2 is 1.76 bits per heavy atom. The van der Waals surface area contributed by atoms with Gasteiger partial charge >= 0.3 is 0 Å². The topological polar surface area (TPSA) is 44.8 Å². The number of halogens is 1. The second kappa shape index (κ2) is 7.55. The Hall–Kier alpha value is -2.20. The van der Waals surface area contributed by atoms with Crippen LogP contribution >= 0.6 is 11.6 Å². The molecule has 0 saturated carbocycles. The van der Waals surface area contributed by atoms with Crippen molar-refractivity contribution >= 4 is 17.9 Å². The zero-order valence-electron chi connectivity index (χ0n) is 11.5. The predicted octanol–water partition coefficient (Wildman–Crippen LogP) is 3.62. The molecule has 0 aliphatic heterocycles. The van der Waals surface area contributed by atoms with Crippen LogP contribution in [0.2, 0.25) is 5.02 Å². The van der Waals surface area contributed by atoms with Gasteiger partial charge in [-0.3, -0.25) is 4.79 Å². The van der Waals surface area contributed by atoms with Gasteiger partial charge in [-0.1, -0.05) is 23.7 Å². The molecule has 2 aromatic carbocycles. The molecular formula is C16H15ClO4. The minimum atomic E-state index is 0.304. The first-order valence-corrected chi connectivity index (χ1v) is 6.75. The molecule has 0 aliphatic carbocycles. The van der Waals surface area contributed by atoms with Gasteiger partial charge in [0.15, 0.2) is 6.29 Å². The zero-order chi connectivity index (χ0) is 15.1. The maximum absolute atomic E-state index is 11.0. The van der Waals surface area contributed by atoms with E-state index in [4.69, 9.17) is 25.8 Å². The number of hydrogen-bond acceptors (Lipinski definition) is 4. The van der Waals surface area contributed by atoms with Crippen LogP contribution in [0, 0.1) is 0 Å². The molecule has 0 aromatic heterocycles. The van der Waals surface area contributed by atoms with Crippen LogP contribution in [-0.4, -0.2) is 26.6 Å². The van der Waals surface area contributed by atoms with Gasteiger partial charge in [0.1, 0.15) is 30.5 Å². The van der Waals surface area contributed by atoms with Gasteiger partial charge in [-0.2, -0.15) is 0 Å². The highest BCUT2D eigenvalue weighted by Gasteiger charge is 2.05. The fourth-order valence-electron chi connectivity index (χ4n) is 1.74. The van der Waals surface area contributed by atoms with E-state index in [0.717, 1.165) is 6.29 Å². The third kappa shape index (κ3) is 4.13.